The van der Waals surface area contributed by atoms with Gasteiger partial charge in [-0.2, -0.15) is 0 Å². The van der Waals surface area contributed by atoms with Crippen LogP contribution in [0, 0.1) is 11.8 Å². The van der Waals surface area contributed by atoms with Gasteiger partial charge in [0.25, 0.3) is 0 Å². The predicted octanol–water partition coefficient (Wildman–Crippen LogP) is 20.8. The van der Waals surface area contributed by atoms with E-state index in [4.69, 9.17) is 37.0 Å². The number of aliphatic hydroxyl groups is 1. The molecule has 0 aromatic carbocycles. The van der Waals surface area contributed by atoms with Crippen molar-refractivity contribution in [2.24, 2.45) is 11.8 Å². The number of phosphoric acid groups is 2. The molecule has 0 heterocycles. The topological polar surface area (TPSA) is 237 Å². The van der Waals surface area contributed by atoms with Gasteiger partial charge in [-0.3, -0.25) is 37.3 Å². The molecular formula is C72H140O17P2. The molecule has 19 heteroatoms. The molecule has 0 saturated heterocycles. The molecule has 0 aromatic rings. The predicted molar refractivity (Wildman–Crippen MR) is 368 cm³/mol. The summed E-state index contributed by atoms with van der Waals surface area (Å²) >= 11 is 0. The fourth-order valence-electron chi connectivity index (χ4n) is 10.9. The zero-order valence-corrected chi connectivity index (χ0v) is 60.9. The van der Waals surface area contributed by atoms with Gasteiger partial charge in [0.05, 0.1) is 26.4 Å². The molecular weight excluding hydrogens is 1200 g/mol. The Balaban J connectivity index is 5.14. The highest BCUT2D eigenvalue weighted by Crippen LogP contribution is 2.45. The van der Waals surface area contributed by atoms with Gasteiger partial charge in [0.1, 0.15) is 19.3 Å². The van der Waals surface area contributed by atoms with Gasteiger partial charge in [-0.05, 0) is 37.5 Å². The van der Waals surface area contributed by atoms with Gasteiger partial charge < -0.3 is 33.8 Å². The van der Waals surface area contributed by atoms with Gasteiger partial charge in [-0.15, -0.1) is 0 Å². The average Bonchev–Trinajstić information content (AvgIpc) is 3.50. The van der Waals surface area contributed by atoms with Crippen LogP contribution in [0.4, 0.5) is 0 Å². The summed E-state index contributed by atoms with van der Waals surface area (Å²) in [7, 11) is -9.89. The Hall–Kier alpha value is -1.94. The molecule has 0 bridgehead atoms. The molecule has 3 N–H and O–H groups in total. The highest BCUT2D eigenvalue weighted by atomic mass is 31.2. The highest BCUT2D eigenvalue weighted by molar-refractivity contribution is 7.47. The van der Waals surface area contributed by atoms with Gasteiger partial charge in [-0.1, -0.05) is 318 Å². The van der Waals surface area contributed by atoms with Gasteiger partial charge in [0.15, 0.2) is 12.2 Å². The fraction of sp³-hybridized carbons (Fsp3) is 0.944. The largest absolute Gasteiger partial charge is 0.472 e. The van der Waals surface area contributed by atoms with Gasteiger partial charge in [0.2, 0.25) is 0 Å². The van der Waals surface area contributed by atoms with E-state index in [-0.39, 0.29) is 25.7 Å². The average molecular weight is 1340 g/mol. The Morgan fingerprint density at radius 3 is 0.747 bits per heavy atom. The normalized spacial score (nSPS) is 14.1. The van der Waals surface area contributed by atoms with E-state index in [2.05, 4.69) is 41.5 Å². The summed E-state index contributed by atoms with van der Waals surface area (Å²) < 4.78 is 68.2. The van der Waals surface area contributed by atoms with E-state index in [0.29, 0.717) is 25.7 Å². The molecule has 0 aliphatic carbocycles. The second kappa shape index (κ2) is 64.1. The molecule has 0 fully saturated rings. The van der Waals surface area contributed by atoms with E-state index < -0.39 is 97.5 Å². The third kappa shape index (κ3) is 66.5. The quantitative estimate of drug-likeness (QED) is 0.0222. The van der Waals surface area contributed by atoms with Gasteiger partial charge >= 0.3 is 39.5 Å². The fourth-order valence-corrected chi connectivity index (χ4v) is 12.5. The lowest BCUT2D eigenvalue weighted by Crippen LogP contribution is -2.30. The van der Waals surface area contributed by atoms with Crippen molar-refractivity contribution in [3.05, 3.63) is 0 Å². The van der Waals surface area contributed by atoms with Crippen LogP contribution in [-0.4, -0.2) is 96.7 Å². The monoisotopic (exact) mass is 1340 g/mol. The maximum atomic E-state index is 13.1. The lowest BCUT2D eigenvalue weighted by atomic mass is 10.0. The summed E-state index contributed by atoms with van der Waals surface area (Å²) in [5, 5.41) is 10.6. The van der Waals surface area contributed by atoms with Crippen molar-refractivity contribution in [3.8, 4) is 0 Å². The lowest BCUT2D eigenvalue weighted by Gasteiger charge is -2.21. The number of esters is 4. The second-order valence-corrected chi connectivity index (χ2v) is 29.8. The minimum Gasteiger partial charge on any atom is -0.462 e. The Morgan fingerprint density at radius 1 is 0.297 bits per heavy atom. The van der Waals surface area contributed by atoms with Crippen LogP contribution in [-0.2, 0) is 65.4 Å². The zero-order chi connectivity index (χ0) is 67.2. The molecule has 0 aromatic heterocycles. The van der Waals surface area contributed by atoms with E-state index in [1.807, 2.05) is 0 Å². The molecule has 0 aliphatic heterocycles. The number of rotatable bonds is 71. The Morgan fingerprint density at radius 2 is 0.505 bits per heavy atom. The maximum absolute atomic E-state index is 13.1. The van der Waals surface area contributed by atoms with E-state index in [9.17, 15) is 43.2 Å². The van der Waals surface area contributed by atoms with Crippen molar-refractivity contribution >= 4 is 39.5 Å². The summed E-state index contributed by atoms with van der Waals surface area (Å²) in [4.78, 5) is 72.4. The first kappa shape index (κ1) is 89.1. The van der Waals surface area contributed by atoms with Crippen LogP contribution in [0.25, 0.3) is 0 Å². The number of hydrogen-bond acceptors (Lipinski definition) is 15. The number of phosphoric ester groups is 2. The molecule has 0 rings (SSSR count). The molecule has 91 heavy (non-hydrogen) atoms. The molecule has 540 valence electrons. The van der Waals surface area contributed by atoms with Crippen LogP contribution in [0.3, 0.4) is 0 Å². The summed E-state index contributed by atoms with van der Waals surface area (Å²) in [6.45, 7) is 9.54. The van der Waals surface area contributed by atoms with E-state index in [1.165, 1.54) is 173 Å². The van der Waals surface area contributed by atoms with Crippen LogP contribution >= 0.6 is 15.6 Å². The number of aliphatic hydroxyl groups excluding tert-OH is 1. The molecule has 0 saturated carbocycles. The highest BCUT2D eigenvalue weighted by Gasteiger charge is 2.30. The number of unbranched alkanes of at least 4 members (excludes halogenated alkanes) is 41. The Bertz CT molecular complexity index is 1770. The van der Waals surface area contributed by atoms with Crippen molar-refractivity contribution in [1.29, 1.82) is 0 Å². The van der Waals surface area contributed by atoms with Crippen LogP contribution in [0.1, 0.15) is 369 Å². The molecule has 0 radical (unpaired) electrons. The SMILES string of the molecule is CCCCCCCCCCCC(=O)O[C@H](COC(=O)CCCCCCCCC)COP(=O)(O)OC[C@H](O)COP(=O)(O)OC[C@@H](COC(=O)CCCCCCCCCCCCCC(C)C)OC(=O)CCCCCCCCCCCCCCCCCCCCC(C)C. The number of carbonyl (C=O) groups is 4. The van der Waals surface area contributed by atoms with E-state index in [1.54, 1.807) is 0 Å². The first-order valence-electron chi connectivity index (χ1n) is 37.5. The molecule has 0 amide bonds. The molecule has 2 unspecified atom stereocenters. The summed E-state index contributed by atoms with van der Waals surface area (Å²) in [5.74, 6) is -0.536. The van der Waals surface area contributed by atoms with Crippen molar-refractivity contribution < 1.29 is 80.2 Å². The van der Waals surface area contributed by atoms with E-state index in [0.717, 1.165) is 115 Å². The van der Waals surface area contributed by atoms with Crippen molar-refractivity contribution in [2.45, 2.75) is 387 Å². The van der Waals surface area contributed by atoms with Crippen molar-refractivity contribution in [1.82, 2.24) is 0 Å². The van der Waals surface area contributed by atoms with Crippen LogP contribution in [0.15, 0.2) is 0 Å². The van der Waals surface area contributed by atoms with Crippen LogP contribution < -0.4 is 0 Å². The summed E-state index contributed by atoms with van der Waals surface area (Å²) in [6.07, 6.45) is 50.2. The van der Waals surface area contributed by atoms with Crippen LogP contribution in [0.5, 0.6) is 0 Å². The summed E-state index contributed by atoms with van der Waals surface area (Å²) in [6, 6.07) is 0. The summed E-state index contributed by atoms with van der Waals surface area (Å²) in [5.41, 5.74) is 0. The minimum absolute atomic E-state index is 0.105. The third-order valence-electron chi connectivity index (χ3n) is 16.7. The standard InChI is InChI=1S/C72H140O17P2/c1-7-9-11-13-15-29-38-44-50-56-71(76)88-67(60-82-69(74)54-48-42-34-14-12-10-8-2)62-86-90(78,79)84-58-66(73)59-85-91(80,81)87-63-68(61-83-70(75)55-49-43-37-32-28-24-26-31-36-41-47-53-65(5)6)89-72(77)57-51-45-39-33-27-23-21-19-17-16-18-20-22-25-30-35-40-46-52-64(3)4/h64-68,73H,7-63H2,1-6H3,(H,78,79)(H,80,81)/t66-,67+,68+/m0/s1. The maximum Gasteiger partial charge on any atom is 0.472 e. The van der Waals surface area contributed by atoms with E-state index >= 15 is 0 Å². The number of ether oxygens (including phenoxy) is 4. The Kier molecular flexibility index (Phi) is 62.7. The van der Waals surface area contributed by atoms with Crippen LogP contribution in [0.2, 0.25) is 0 Å². The van der Waals surface area contributed by atoms with Gasteiger partial charge in [-0.25, -0.2) is 9.13 Å². The minimum atomic E-state index is -4.95. The first-order valence-corrected chi connectivity index (χ1v) is 40.5. The first-order chi connectivity index (χ1) is 43.9. The zero-order valence-electron chi connectivity index (χ0n) is 59.1. The van der Waals surface area contributed by atoms with Crippen molar-refractivity contribution in [3.63, 3.8) is 0 Å². The number of carbonyl (C=O) groups excluding carboxylic acids is 4. The van der Waals surface area contributed by atoms with Crippen molar-refractivity contribution in [2.75, 3.05) is 39.6 Å². The lowest BCUT2D eigenvalue weighted by molar-refractivity contribution is -0.161. The molecule has 0 spiro atoms. The molecule has 5 atom stereocenters. The molecule has 17 nitrogen and oxygen atoms in total. The van der Waals surface area contributed by atoms with Gasteiger partial charge in [0, 0.05) is 25.7 Å². The smallest absolute Gasteiger partial charge is 0.462 e. The third-order valence-corrected chi connectivity index (χ3v) is 18.6. The second-order valence-electron chi connectivity index (χ2n) is 26.9. The molecule has 0 aliphatic rings. The number of hydrogen-bond donors (Lipinski definition) is 3. The Labute approximate surface area is 556 Å².